The molecule has 0 radical (unpaired) electrons. The Labute approximate surface area is 375 Å². The molecule has 3 aliphatic heterocycles. The number of Topliss-reactive ketones (excluding diaryl/α,β-unsaturated/α-hetero) is 3. The number of amides is 1. The normalized spacial score (nSPS) is 40.1. The summed E-state index contributed by atoms with van der Waals surface area (Å²) >= 11 is 0. The van der Waals surface area contributed by atoms with Crippen LogP contribution in [0.25, 0.3) is 0 Å². The first kappa shape index (κ1) is 52.3. The quantitative estimate of drug-likeness (QED) is 0.154. The molecule has 3 fully saturated rings. The molecule has 2 unspecified atom stereocenters. The molecule has 2 bridgehead atoms. The average Bonchev–Trinajstić information content (AvgIpc) is 3.25. The van der Waals surface area contributed by atoms with E-state index in [9.17, 15) is 39.3 Å². The second kappa shape index (κ2) is 24.3. The summed E-state index contributed by atoms with van der Waals surface area (Å²) in [7, 11) is 3.15. The van der Waals surface area contributed by atoms with Gasteiger partial charge in [-0.1, -0.05) is 71.1 Å². The number of hydrogen-bond donors (Lipinski definition) is 3. The number of ether oxygens (including phenoxy) is 4. The zero-order valence-electron chi connectivity index (χ0n) is 39.3. The van der Waals surface area contributed by atoms with Gasteiger partial charge in [-0.2, -0.15) is 0 Å². The zero-order valence-corrected chi connectivity index (χ0v) is 39.3. The van der Waals surface area contributed by atoms with Crippen molar-refractivity contribution in [1.29, 1.82) is 0 Å². The van der Waals surface area contributed by atoms with Crippen molar-refractivity contribution in [3.63, 3.8) is 0 Å². The van der Waals surface area contributed by atoms with E-state index in [1.54, 1.807) is 41.1 Å². The highest BCUT2D eigenvalue weighted by molar-refractivity contribution is 6.39. The lowest BCUT2D eigenvalue weighted by atomic mass is 9.78. The molecular formula is C50H77NO12. The Kier molecular flexibility index (Phi) is 20.1. The van der Waals surface area contributed by atoms with Crippen LogP contribution in [0, 0.1) is 35.5 Å². The van der Waals surface area contributed by atoms with E-state index >= 15 is 0 Å². The molecule has 4 aliphatic rings. The monoisotopic (exact) mass is 884 g/mol. The van der Waals surface area contributed by atoms with Crippen molar-refractivity contribution in [1.82, 2.24) is 4.90 Å². The third-order valence-corrected chi connectivity index (χ3v) is 14.2. The van der Waals surface area contributed by atoms with E-state index in [2.05, 4.69) is 0 Å². The molecule has 13 heteroatoms. The molecule has 2 saturated heterocycles. The van der Waals surface area contributed by atoms with Crippen molar-refractivity contribution in [3.05, 3.63) is 47.6 Å². The van der Waals surface area contributed by atoms with Crippen molar-refractivity contribution >= 4 is 29.2 Å². The average molecular weight is 884 g/mol. The summed E-state index contributed by atoms with van der Waals surface area (Å²) in [6.45, 7) is 12.9. The van der Waals surface area contributed by atoms with Gasteiger partial charge in [-0.05, 0) is 107 Å². The summed E-state index contributed by atoms with van der Waals surface area (Å²) in [5.74, 6) is -7.36. The van der Waals surface area contributed by atoms with Gasteiger partial charge in [0.05, 0.1) is 30.5 Å². The summed E-state index contributed by atoms with van der Waals surface area (Å²) in [5, 5.41) is 33.5. The third kappa shape index (κ3) is 14.3. The molecule has 4 rings (SSSR count). The van der Waals surface area contributed by atoms with Crippen LogP contribution in [-0.4, -0.2) is 119 Å². The Hall–Kier alpha value is -3.33. The molecule has 1 aliphatic carbocycles. The van der Waals surface area contributed by atoms with Crippen LogP contribution in [0.4, 0.5) is 0 Å². The van der Waals surface area contributed by atoms with Gasteiger partial charge in [-0.3, -0.25) is 19.2 Å². The van der Waals surface area contributed by atoms with Gasteiger partial charge < -0.3 is 39.2 Å². The number of hydrogen-bond acceptors (Lipinski definition) is 12. The van der Waals surface area contributed by atoms with Crippen LogP contribution in [0.15, 0.2) is 47.6 Å². The molecule has 1 saturated carbocycles. The molecule has 3 heterocycles. The summed E-state index contributed by atoms with van der Waals surface area (Å²) in [4.78, 5) is 71.1. The fourth-order valence-corrected chi connectivity index (χ4v) is 9.78. The first-order valence-corrected chi connectivity index (χ1v) is 23.4. The number of nitrogens with zero attached hydrogens (tertiary/aromatic N) is 1. The van der Waals surface area contributed by atoms with Crippen LogP contribution in [0.3, 0.4) is 0 Å². The molecule has 14 atom stereocenters. The van der Waals surface area contributed by atoms with E-state index < -0.39 is 71.8 Å². The maximum absolute atomic E-state index is 14.3. The predicted octanol–water partition coefficient (Wildman–Crippen LogP) is 6.56. The van der Waals surface area contributed by atoms with E-state index in [0.29, 0.717) is 63.4 Å². The summed E-state index contributed by atoms with van der Waals surface area (Å²) < 4.78 is 23.8. The zero-order chi connectivity index (χ0) is 46.6. The van der Waals surface area contributed by atoms with Gasteiger partial charge in [0.25, 0.3) is 11.7 Å². The first-order chi connectivity index (χ1) is 29.8. The van der Waals surface area contributed by atoms with Gasteiger partial charge in [0.2, 0.25) is 5.79 Å². The van der Waals surface area contributed by atoms with Gasteiger partial charge in [0.15, 0.2) is 0 Å². The standard InChI is InChI=1S/C50H77NO12/c1-30-15-11-10-12-16-31(2)44(60-8)27-38-20-18-36(7)50(59,63-38)47(56)48(57)51-22-14-13-17-39(51)49(58)62-45(35(6)25-37-19-21-40(52)46(26-37)61-9)29-43(55)34(5)24-33(4)42(54)28-41(53)32(3)23-30/h10-12,15-16,24,30,32,34-40,42,44-46,52,54,59H,13-14,17-23,25-29H2,1-9H3/b12-10+,15-11+,31-16+,33-24+/t30-,32-,34-,35-,36-,37?,38+,39?,40-,42-,44+,45+,46-,50-/m1/s1. The fraction of sp³-hybridized carbons (Fsp3) is 0.740. The Morgan fingerprint density at radius 1 is 0.841 bits per heavy atom. The molecular weight excluding hydrogens is 807 g/mol. The summed E-state index contributed by atoms with van der Waals surface area (Å²) in [5.41, 5.74) is 1.39. The molecule has 13 nitrogen and oxygen atoms in total. The lowest BCUT2D eigenvalue weighted by Crippen LogP contribution is -2.61. The maximum atomic E-state index is 14.3. The number of carbonyl (C=O) groups excluding carboxylic acids is 5. The number of cyclic esters (lactones) is 1. The second-order valence-corrected chi connectivity index (χ2v) is 19.3. The number of piperidine rings is 1. The maximum Gasteiger partial charge on any atom is 0.329 e. The predicted molar refractivity (Wildman–Crippen MR) is 239 cm³/mol. The first-order valence-electron chi connectivity index (χ1n) is 23.4. The fourth-order valence-electron chi connectivity index (χ4n) is 9.78. The van der Waals surface area contributed by atoms with Gasteiger partial charge >= 0.3 is 5.97 Å². The van der Waals surface area contributed by atoms with Crippen LogP contribution in [0.2, 0.25) is 0 Å². The van der Waals surface area contributed by atoms with E-state index in [1.165, 1.54) is 4.90 Å². The van der Waals surface area contributed by atoms with Crippen LogP contribution in [0.5, 0.6) is 0 Å². The van der Waals surface area contributed by atoms with Gasteiger partial charge in [0.1, 0.15) is 23.7 Å². The smallest absolute Gasteiger partial charge is 0.329 e. The SMILES string of the molecule is CO[C@H]1C[C@@H]2CC[C@@H](C)[C@@](O)(O2)C(=O)C(=O)N2CCCCC2C(=O)O[C@H]([C@H](C)CC2CC[C@@H](O)[C@H](OC)C2)CC(=O)[C@H](C)/C=C(\C)[C@H](O)CC(=O)[C@H](C)C[C@H](C)/C=C/C=C/C=C/1C. The largest absolute Gasteiger partial charge is 0.460 e. The molecule has 3 N–H and O–H groups in total. The van der Waals surface area contributed by atoms with Crippen molar-refractivity contribution in [2.24, 2.45) is 35.5 Å². The third-order valence-electron chi connectivity index (χ3n) is 14.2. The van der Waals surface area contributed by atoms with Crippen LogP contribution < -0.4 is 0 Å². The van der Waals surface area contributed by atoms with E-state index in [-0.39, 0.29) is 67.1 Å². The highest BCUT2D eigenvalue weighted by Gasteiger charge is 2.53. The van der Waals surface area contributed by atoms with E-state index in [4.69, 9.17) is 18.9 Å². The highest BCUT2D eigenvalue weighted by atomic mass is 16.6. The second-order valence-electron chi connectivity index (χ2n) is 19.3. The number of carbonyl (C=O) groups is 5. The number of esters is 1. The molecule has 1 amide bonds. The summed E-state index contributed by atoms with van der Waals surface area (Å²) in [6, 6.07) is -1.12. The lowest BCUT2D eigenvalue weighted by molar-refractivity contribution is -0.265. The molecule has 0 aromatic rings. The van der Waals surface area contributed by atoms with Crippen molar-refractivity contribution in [3.8, 4) is 0 Å². The Balaban J connectivity index is 1.67. The number of rotatable bonds is 5. The number of aliphatic hydroxyl groups is 3. The highest BCUT2D eigenvalue weighted by Crippen LogP contribution is 2.37. The minimum atomic E-state index is -2.42. The topological polar surface area (TPSA) is 186 Å². The number of fused-ring (bicyclic) bond motifs is 3. The van der Waals surface area contributed by atoms with Crippen LogP contribution in [0.1, 0.15) is 132 Å². The van der Waals surface area contributed by atoms with Crippen molar-refractivity contribution in [2.45, 2.75) is 180 Å². The summed E-state index contributed by atoms with van der Waals surface area (Å²) in [6.07, 6.45) is 13.0. The molecule has 0 aromatic heterocycles. The Morgan fingerprint density at radius 3 is 2.27 bits per heavy atom. The van der Waals surface area contributed by atoms with Crippen LogP contribution in [-0.2, 0) is 42.9 Å². The number of methoxy groups -OCH3 is 2. The van der Waals surface area contributed by atoms with Gasteiger partial charge in [-0.25, -0.2) is 4.79 Å². The molecule has 354 valence electrons. The molecule has 63 heavy (non-hydrogen) atoms. The number of allylic oxidation sites excluding steroid dienone is 6. The van der Waals surface area contributed by atoms with Gasteiger partial charge in [-0.15, -0.1) is 0 Å². The lowest BCUT2D eigenvalue weighted by Gasteiger charge is -2.42. The van der Waals surface area contributed by atoms with Crippen molar-refractivity contribution < 1.29 is 58.2 Å². The van der Waals surface area contributed by atoms with Gasteiger partial charge in [0, 0.05) is 57.8 Å². The minimum Gasteiger partial charge on any atom is -0.460 e. The molecule has 0 aromatic carbocycles. The van der Waals surface area contributed by atoms with Crippen molar-refractivity contribution in [2.75, 3.05) is 20.8 Å². The van der Waals surface area contributed by atoms with E-state index in [1.807, 2.05) is 58.1 Å². The number of ketones is 3. The Bertz CT molecular complexity index is 1700. The minimum absolute atomic E-state index is 0.0725. The number of aliphatic hydroxyl groups excluding tert-OH is 2. The van der Waals surface area contributed by atoms with E-state index in [0.717, 1.165) is 12.0 Å². The Morgan fingerprint density at radius 2 is 1.57 bits per heavy atom. The van der Waals surface area contributed by atoms with Crippen LogP contribution >= 0.6 is 0 Å². The molecule has 0 spiro atoms.